The van der Waals surface area contributed by atoms with Crippen LogP contribution in [0.1, 0.15) is 19.3 Å². The van der Waals surface area contributed by atoms with E-state index in [0.717, 1.165) is 19.0 Å². The van der Waals surface area contributed by atoms with Gasteiger partial charge in [0, 0.05) is 13.1 Å². The van der Waals surface area contributed by atoms with E-state index < -0.39 is 0 Å². The Morgan fingerprint density at radius 1 is 1.36 bits per heavy atom. The van der Waals surface area contributed by atoms with Crippen LogP contribution in [0.5, 0.6) is 0 Å². The van der Waals surface area contributed by atoms with Gasteiger partial charge in [0.1, 0.15) is 0 Å². The second-order valence-corrected chi connectivity index (χ2v) is 3.80. The van der Waals surface area contributed by atoms with Crippen molar-refractivity contribution in [3.8, 4) is 0 Å². The number of nitrogens with one attached hydrogen (secondary N) is 1. The summed E-state index contributed by atoms with van der Waals surface area (Å²) in [6.07, 6.45) is 4.37. The van der Waals surface area contributed by atoms with Gasteiger partial charge in [0.05, 0.1) is 0 Å². The number of hydrogen-bond donors (Lipinski definition) is 1. The predicted octanol–water partition coefficient (Wildman–Crippen LogP) is 0.938. The van der Waals surface area contributed by atoms with E-state index >= 15 is 0 Å². The molecule has 0 atom stereocenters. The first kappa shape index (κ1) is 9.01. The van der Waals surface area contributed by atoms with Gasteiger partial charge in [0.2, 0.25) is 0 Å². The van der Waals surface area contributed by atoms with Crippen molar-refractivity contribution in [1.29, 1.82) is 0 Å². The average molecular weight is 156 g/mol. The molecule has 0 saturated heterocycles. The Hall–Kier alpha value is -0.0800. The summed E-state index contributed by atoms with van der Waals surface area (Å²) >= 11 is 0. The summed E-state index contributed by atoms with van der Waals surface area (Å²) in [5, 5.41) is 3.48. The van der Waals surface area contributed by atoms with Gasteiger partial charge in [-0.3, -0.25) is 0 Å². The maximum absolute atomic E-state index is 3.48. The van der Waals surface area contributed by atoms with Crippen LogP contribution in [-0.4, -0.2) is 38.6 Å². The van der Waals surface area contributed by atoms with Crippen LogP contribution in [0.3, 0.4) is 0 Å². The zero-order valence-electron chi connectivity index (χ0n) is 7.77. The summed E-state index contributed by atoms with van der Waals surface area (Å²) in [6, 6.07) is 0. The Kier molecular flexibility index (Phi) is 3.87. The Morgan fingerprint density at radius 2 is 2.09 bits per heavy atom. The SMILES string of the molecule is CN(C)CCNCC1CCC1. The molecule has 0 unspecified atom stereocenters. The van der Waals surface area contributed by atoms with Crippen molar-refractivity contribution in [1.82, 2.24) is 10.2 Å². The van der Waals surface area contributed by atoms with Crippen molar-refractivity contribution in [2.75, 3.05) is 33.7 Å². The van der Waals surface area contributed by atoms with Crippen LogP contribution in [0.15, 0.2) is 0 Å². The highest BCUT2D eigenvalue weighted by atomic mass is 15.1. The van der Waals surface area contributed by atoms with Gasteiger partial charge in [-0.2, -0.15) is 0 Å². The molecular formula is C9H20N2. The average Bonchev–Trinajstić information content (AvgIpc) is 1.82. The van der Waals surface area contributed by atoms with Crippen LogP contribution in [0, 0.1) is 5.92 Å². The van der Waals surface area contributed by atoms with Crippen LogP contribution in [0.25, 0.3) is 0 Å². The fourth-order valence-corrected chi connectivity index (χ4v) is 1.31. The van der Waals surface area contributed by atoms with Crippen LogP contribution in [-0.2, 0) is 0 Å². The summed E-state index contributed by atoms with van der Waals surface area (Å²) in [4.78, 5) is 2.22. The zero-order valence-corrected chi connectivity index (χ0v) is 7.77. The highest BCUT2D eigenvalue weighted by molar-refractivity contribution is 4.71. The normalized spacial score (nSPS) is 18.8. The molecule has 2 nitrogen and oxygen atoms in total. The Labute approximate surface area is 70.0 Å². The molecule has 11 heavy (non-hydrogen) atoms. The molecule has 0 radical (unpaired) electrons. The highest BCUT2D eigenvalue weighted by Crippen LogP contribution is 2.24. The first-order valence-electron chi connectivity index (χ1n) is 4.64. The minimum absolute atomic E-state index is 0.997. The first-order valence-corrected chi connectivity index (χ1v) is 4.64. The minimum atomic E-state index is 0.997. The fraction of sp³-hybridized carbons (Fsp3) is 1.00. The van der Waals surface area contributed by atoms with Gasteiger partial charge in [-0.1, -0.05) is 6.42 Å². The molecule has 66 valence electrons. The Bertz CT molecular complexity index is 97.7. The molecule has 1 aliphatic rings. The van der Waals surface area contributed by atoms with Gasteiger partial charge < -0.3 is 10.2 Å². The summed E-state index contributed by atoms with van der Waals surface area (Å²) in [6.45, 7) is 3.55. The molecule has 0 aromatic rings. The van der Waals surface area contributed by atoms with Gasteiger partial charge in [-0.25, -0.2) is 0 Å². The van der Waals surface area contributed by atoms with Crippen LogP contribution >= 0.6 is 0 Å². The predicted molar refractivity (Wildman–Crippen MR) is 48.8 cm³/mol. The Balaban J connectivity index is 1.80. The minimum Gasteiger partial charge on any atom is -0.315 e. The molecule has 0 aromatic carbocycles. The largest absolute Gasteiger partial charge is 0.315 e. The number of nitrogens with zero attached hydrogens (tertiary/aromatic N) is 1. The standard InChI is InChI=1S/C9H20N2/c1-11(2)7-6-10-8-9-4-3-5-9/h9-10H,3-8H2,1-2H3. The molecule has 1 rings (SSSR count). The lowest BCUT2D eigenvalue weighted by atomic mass is 9.85. The van der Waals surface area contributed by atoms with E-state index in [4.69, 9.17) is 0 Å². The second kappa shape index (κ2) is 4.73. The van der Waals surface area contributed by atoms with E-state index in [2.05, 4.69) is 24.3 Å². The van der Waals surface area contributed by atoms with E-state index in [1.165, 1.54) is 25.8 Å². The van der Waals surface area contributed by atoms with Crippen molar-refractivity contribution in [2.24, 2.45) is 5.92 Å². The fourth-order valence-electron chi connectivity index (χ4n) is 1.31. The molecular weight excluding hydrogens is 136 g/mol. The van der Waals surface area contributed by atoms with E-state index in [0.29, 0.717) is 0 Å². The molecule has 1 fully saturated rings. The third-order valence-electron chi connectivity index (χ3n) is 2.39. The van der Waals surface area contributed by atoms with Gasteiger partial charge in [-0.05, 0) is 39.4 Å². The maximum Gasteiger partial charge on any atom is 0.0101 e. The Morgan fingerprint density at radius 3 is 2.55 bits per heavy atom. The quantitative estimate of drug-likeness (QED) is 0.596. The molecule has 0 spiro atoms. The monoisotopic (exact) mass is 156 g/mol. The van der Waals surface area contributed by atoms with E-state index in [-0.39, 0.29) is 0 Å². The molecule has 0 heterocycles. The van der Waals surface area contributed by atoms with Gasteiger partial charge in [-0.15, -0.1) is 0 Å². The van der Waals surface area contributed by atoms with E-state index in [1.54, 1.807) is 0 Å². The number of hydrogen-bond acceptors (Lipinski definition) is 2. The molecule has 1 saturated carbocycles. The van der Waals surface area contributed by atoms with Crippen LogP contribution < -0.4 is 5.32 Å². The summed E-state index contributed by atoms with van der Waals surface area (Å²) < 4.78 is 0. The third-order valence-corrected chi connectivity index (χ3v) is 2.39. The van der Waals surface area contributed by atoms with Gasteiger partial charge >= 0.3 is 0 Å². The van der Waals surface area contributed by atoms with E-state index in [9.17, 15) is 0 Å². The summed E-state index contributed by atoms with van der Waals surface area (Å²) in [5.74, 6) is 0.997. The molecule has 0 aliphatic heterocycles. The summed E-state index contributed by atoms with van der Waals surface area (Å²) in [7, 11) is 4.23. The second-order valence-electron chi connectivity index (χ2n) is 3.80. The maximum atomic E-state index is 3.48. The molecule has 1 aliphatic carbocycles. The van der Waals surface area contributed by atoms with Crippen molar-refractivity contribution in [3.05, 3.63) is 0 Å². The smallest absolute Gasteiger partial charge is 0.0101 e. The lowest BCUT2D eigenvalue weighted by molar-refractivity contribution is 0.295. The topological polar surface area (TPSA) is 15.3 Å². The lowest BCUT2D eigenvalue weighted by Crippen LogP contribution is -2.32. The molecule has 2 heteroatoms. The highest BCUT2D eigenvalue weighted by Gasteiger charge is 2.15. The third kappa shape index (κ3) is 3.73. The molecule has 0 aromatic heterocycles. The van der Waals surface area contributed by atoms with E-state index in [1.807, 2.05) is 0 Å². The van der Waals surface area contributed by atoms with Crippen molar-refractivity contribution < 1.29 is 0 Å². The lowest BCUT2D eigenvalue weighted by Gasteiger charge is -2.25. The zero-order chi connectivity index (χ0) is 8.10. The van der Waals surface area contributed by atoms with Crippen LogP contribution in [0.2, 0.25) is 0 Å². The number of likely N-dealkylation sites (N-methyl/N-ethyl adjacent to an activating group) is 1. The first-order chi connectivity index (χ1) is 5.29. The van der Waals surface area contributed by atoms with Crippen molar-refractivity contribution >= 4 is 0 Å². The summed E-state index contributed by atoms with van der Waals surface area (Å²) in [5.41, 5.74) is 0. The van der Waals surface area contributed by atoms with Crippen LogP contribution in [0.4, 0.5) is 0 Å². The van der Waals surface area contributed by atoms with Crippen molar-refractivity contribution in [2.45, 2.75) is 19.3 Å². The molecule has 0 bridgehead atoms. The van der Waals surface area contributed by atoms with Crippen molar-refractivity contribution in [3.63, 3.8) is 0 Å². The molecule has 0 amide bonds. The van der Waals surface area contributed by atoms with Gasteiger partial charge in [0.15, 0.2) is 0 Å². The number of rotatable bonds is 5. The van der Waals surface area contributed by atoms with Gasteiger partial charge in [0.25, 0.3) is 0 Å². The molecule has 1 N–H and O–H groups in total.